The molecule has 2 aliphatic rings. The summed E-state index contributed by atoms with van der Waals surface area (Å²) in [6.45, 7) is 8.79. The van der Waals surface area contributed by atoms with E-state index in [1.807, 2.05) is 6.07 Å². The molecule has 1 amide bonds. The summed E-state index contributed by atoms with van der Waals surface area (Å²) < 4.78 is 0. The molecule has 0 aromatic heterocycles. The number of aryl methyl sites for hydroxylation is 1. The van der Waals surface area contributed by atoms with Gasteiger partial charge in [0.2, 0.25) is 5.91 Å². The number of carbonyl (C=O) groups excluding carboxylic acids is 1. The lowest BCUT2D eigenvalue weighted by molar-refractivity contribution is -0.140. The van der Waals surface area contributed by atoms with Gasteiger partial charge in [0, 0.05) is 44.3 Å². The highest BCUT2D eigenvalue weighted by Gasteiger charge is 2.31. The number of nitrogens with zero attached hydrogens (tertiary/aromatic N) is 2. The SMILES string of the molecule is Cc1cc(N)c(C)c(CN2CCN(C(=O)C3CCC3)CC2)c1. The predicted octanol–water partition coefficient (Wildman–Crippen LogP) is 2.33. The Morgan fingerprint density at radius 3 is 2.45 bits per heavy atom. The van der Waals surface area contributed by atoms with E-state index in [9.17, 15) is 4.79 Å². The van der Waals surface area contributed by atoms with Crippen molar-refractivity contribution in [2.45, 2.75) is 39.7 Å². The standard InChI is InChI=1S/C18H27N3O/c1-13-10-16(14(2)17(19)11-13)12-20-6-8-21(9-7-20)18(22)15-4-3-5-15/h10-11,15H,3-9,12,19H2,1-2H3. The first-order valence-corrected chi connectivity index (χ1v) is 8.41. The van der Waals surface area contributed by atoms with Crippen molar-refractivity contribution in [2.75, 3.05) is 31.9 Å². The molecule has 22 heavy (non-hydrogen) atoms. The summed E-state index contributed by atoms with van der Waals surface area (Å²) in [6, 6.07) is 4.27. The van der Waals surface area contributed by atoms with Crippen LogP contribution in [0, 0.1) is 19.8 Å². The highest BCUT2D eigenvalue weighted by atomic mass is 16.2. The van der Waals surface area contributed by atoms with Gasteiger partial charge in [-0.2, -0.15) is 0 Å². The zero-order valence-corrected chi connectivity index (χ0v) is 13.8. The first kappa shape index (κ1) is 15.3. The molecule has 1 aliphatic carbocycles. The number of nitrogen functional groups attached to an aromatic ring is 1. The minimum atomic E-state index is 0.324. The fraction of sp³-hybridized carbons (Fsp3) is 0.611. The van der Waals surface area contributed by atoms with E-state index in [1.165, 1.54) is 23.1 Å². The summed E-state index contributed by atoms with van der Waals surface area (Å²) in [4.78, 5) is 16.8. The lowest BCUT2D eigenvalue weighted by Gasteiger charge is -2.38. The van der Waals surface area contributed by atoms with Crippen LogP contribution in [0.2, 0.25) is 0 Å². The van der Waals surface area contributed by atoms with Crippen molar-refractivity contribution in [2.24, 2.45) is 5.92 Å². The van der Waals surface area contributed by atoms with Gasteiger partial charge < -0.3 is 10.6 Å². The molecule has 1 heterocycles. The van der Waals surface area contributed by atoms with Crippen molar-refractivity contribution in [3.05, 3.63) is 28.8 Å². The second kappa shape index (κ2) is 6.29. The Bertz CT molecular complexity index is 558. The van der Waals surface area contributed by atoms with E-state index in [-0.39, 0.29) is 0 Å². The molecule has 4 heteroatoms. The highest BCUT2D eigenvalue weighted by molar-refractivity contribution is 5.79. The van der Waals surface area contributed by atoms with Crippen molar-refractivity contribution < 1.29 is 4.79 Å². The second-order valence-electron chi connectivity index (χ2n) is 6.87. The molecule has 1 aliphatic heterocycles. The zero-order chi connectivity index (χ0) is 15.7. The Morgan fingerprint density at radius 1 is 1.18 bits per heavy atom. The van der Waals surface area contributed by atoms with Gasteiger partial charge in [-0.3, -0.25) is 9.69 Å². The lowest BCUT2D eigenvalue weighted by atomic mass is 9.84. The quantitative estimate of drug-likeness (QED) is 0.872. The van der Waals surface area contributed by atoms with E-state index in [2.05, 4.69) is 29.7 Å². The zero-order valence-electron chi connectivity index (χ0n) is 13.8. The normalized spacial score (nSPS) is 20.0. The van der Waals surface area contributed by atoms with E-state index in [4.69, 9.17) is 5.73 Å². The van der Waals surface area contributed by atoms with Gasteiger partial charge in [0.15, 0.2) is 0 Å². The molecule has 4 nitrogen and oxygen atoms in total. The number of hydrogen-bond donors (Lipinski definition) is 1. The van der Waals surface area contributed by atoms with Gasteiger partial charge in [-0.25, -0.2) is 0 Å². The van der Waals surface area contributed by atoms with Crippen LogP contribution in [0.3, 0.4) is 0 Å². The first-order chi connectivity index (χ1) is 10.5. The minimum Gasteiger partial charge on any atom is -0.398 e. The Morgan fingerprint density at radius 2 is 1.86 bits per heavy atom. The van der Waals surface area contributed by atoms with Crippen molar-refractivity contribution in [3.63, 3.8) is 0 Å². The van der Waals surface area contributed by atoms with Crippen LogP contribution in [-0.2, 0) is 11.3 Å². The number of rotatable bonds is 3. The van der Waals surface area contributed by atoms with E-state index >= 15 is 0 Å². The number of piperazine rings is 1. The number of carbonyl (C=O) groups is 1. The fourth-order valence-electron chi connectivity index (χ4n) is 3.41. The van der Waals surface area contributed by atoms with Crippen LogP contribution in [0.4, 0.5) is 5.69 Å². The summed E-state index contributed by atoms with van der Waals surface area (Å²) in [5, 5.41) is 0. The monoisotopic (exact) mass is 301 g/mol. The summed E-state index contributed by atoms with van der Waals surface area (Å²) >= 11 is 0. The number of benzene rings is 1. The molecule has 1 aromatic rings. The highest BCUT2D eigenvalue weighted by Crippen LogP contribution is 2.28. The van der Waals surface area contributed by atoms with Crippen molar-refractivity contribution in [1.82, 2.24) is 9.80 Å². The molecule has 2 fully saturated rings. The summed E-state index contributed by atoms with van der Waals surface area (Å²) in [6.07, 6.45) is 3.42. The molecule has 0 radical (unpaired) electrons. The molecule has 1 aromatic carbocycles. The fourth-order valence-corrected chi connectivity index (χ4v) is 3.41. The van der Waals surface area contributed by atoms with Crippen molar-refractivity contribution >= 4 is 11.6 Å². The van der Waals surface area contributed by atoms with E-state index in [0.29, 0.717) is 11.8 Å². The number of nitrogens with two attached hydrogens (primary N) is 1. The molecular weight excluding hydrogens is 274 g/mol. The van der Waals surface area contributed by atoms with Gasteiger partial charge in [0.25, 0.3) is 0 Å². The topological polar surface area (TPSA) is 49.6 Å². The molecule has 1 saturated heterocycles. The van der Waals surface area contributed by atoms with E-state index < -0.39 is 0 Å². The van der Waals surface area contributed by atoms with Crippen LogP contribution in [0.25, 0.3) is 0 Å². The van der Waals surface area contributed by atoms with Gasteiger partial charge in [-0.15, -0.1) is 0 Å². The molecule has 0 unspecified atom stereocenters. The van der Waals surface area contributed by atoms with Crippen LogP contribution in [-0.4, -0.2) is 41.9 Å². The van der Waals surface area contributed by atoms with Gasteiger partial charge in [0.1, 0.15) is 0 Å². The summed E-state index contributed by atoms with van der Waals surface area (Å²) in [7, 11) is 0. The maximum absolute atomic E-state index is 12.3. The van der Waals surface area contributed by atoms with Gasteiger partial charge in [-0.05, 0) is 49.4 Å². The number of hydrogen-bond acceptors (Lipinski definition) is 3. The Kier molecular flexibility index (Phi) is 4.39. The maximum atomic E-state index is 12.3. The average Bonchev–Trinajstić information content (AvgIpc) is 2.43. The second-order valence-corrected chi connectivity index (χ2v) is 6.87. The Balaban J connectivity index is 1.57. The molecule has 3 rings (SSSR count). The third-order valence-corrected chi connectivity index (χ3v) is 5.23. The minimum absolute atomic E-state index is 0.324. The molecule has 0 spiro atoms. The Hall–Kier alpha value is -1.55. The summed E-state index contributed by atoms with van der Waals surface area (Å²) in [5.41, 5.74) is 10.7. The van der Waals surface area contributed by atoms with E-state index in [0.717, 1.165) is 51.3 Å². The molecule has 0 bridgehead atoms. The van der Waals surface area contributed by atoms with Crippen molar-refractivity contribution in [1.29, 1.82) is 0 Å². The van der Waals surface area contributed by atoms with Crippen LogP contribution >= 0.6 is 0 Å². The van der Waals surface area contributed by atoms with Crippen LogP contribution in [0.15, 0.2) is 12.1 Å². The molecule has 1 saturated carbocycles. The predicted molar refractivity (Wildman–Crippen MR) is 89.5 cm³/mol. The summed E-state index contributed by atoms with van der Waals surface area (Å²) in [5.74, 6) is 0.715. The van der Waals surface area contributed by atoms with Gasteiger partial charge in [0.05, 0.1) is 0 Å². The van der Waals surface area contributed by atoms with Crippen molar-refractivity contribution in [3.8, 4) is 0 Å². The molecule has 0 atom stereocenters. The largest absolute Gasteiger partial charge is 0.398 e. The van der Waals surface area contributed by atoms with E-state index in [1.54, 1.807) is 0 Å². The third kappa shape index (κ3) is 3.12. The van der Waals surface area contributed by atoms with Crippen LogP contribution < -0.4 is 5.73 Å². The maximum Gasteiger partial charge on any atom is 0.225 e. The number of amides is 1. The number of anilines is 1. The third-order valence-electron chi connectivity index (χ3n) is 5.23. The average molecular weight is 301 g/mol. The lowest BCUT2D eigenvalue weighted by Crippen LogP contribution is -2.50. The van der Waals surface area contributed by atoms with Crippen LogP contribution in [0.1, 0.15) is 36.0 Å². The first-order valence-electron chi connectivity index (χ1n) is 8.41. The molecule has 2 N–H and O–H groups in total. The Labute approximate surface area is 133 Å². The molecule has 120 valence electrons. The van der Waals surface area contributed by atoms with Gasteiger partial charge in [-0.1, -0.05) is 12.5 Å². The van der Waals surface area contributed by atoms with Crippen LogP contribution in [0.5, 0.6) is 0 Å². The molecular formula is C18H27N3O. The van der Waals surface area contributed by atoms with Gasteiger partial charge >= 0.3 is 0 Å². The smallest absolute Gasteiger partial charge is 0.225 e.